The molecule has 0 atom stereocenters. The average Bonchev–Trinajstić information content (AvgIpc) is 2.15. The van der Waals surface area contributed by atoms with Crippen LogP contribution in [0.2, 0.25) is 5.02 Å². The fraction of sp³-hybridized carbons (Fsp3) is 0.364. The number of para-hydroxylation sites is 1. The molecular weight excluding hydrogens is 212 g/mol. The number of rotatable bonds is 0. The van der Waals surface area contributed by atoms with Crippen LogP contribution >= 0.6 is 11.6 Å². The van der Waals surface area contributed by atoms with Crippen molar-refractivity contribution in [3.8, 4) is 0 Å². The molecule has 3 nitrogen and oxygen atoms in total. The highest BCUT2D eigenvalue weighted by Gasteiger charge is 2.38. The van der Waals surface area contributed by atoms with Crippen LogP contribution in [0.3, 0.4) is 0 Å². The van der Waals surface area contributed by atoms with E-state index in [1.54, 1.807) is 0 Å². The summed E-state index contributed by atoms with van der Waals surface area (Å²) in [7, 11) is 1.88. The first-order valence-corrected chi connectivity index (χ1v) is 5.16. The zero-order chi connectivity index (χ0) is 11.2. The van der Waals surface area contributed by atoms with Gasteiger partial charge >= 0.3 is 0 Å². The van der Waals surface area contributed by atoms with Crippen molar-refractivity contribution < 1.29 is 4.79 Å². The molecule has 0 aliphatic carbocycles. The number of carbonyl (C=O) groups excluding carboxylic acids is 1. The second kappa shape index (κ2) is 3.14. The van der Waals surface area contributed by atoms with E-state index in [1.807, 2.05) is 44.0 Å². The number of nitrogens with one attached hydrogen (secondary N) is 1. The van der Waals surface area contributed by atoms with Crippen LogP contribution in [0.15, 0.2) is 18.2 Å². The zero-order valence-corrected chi connectivity index (χ0v) is 9.72. The number of likely N-dealkylation sites (N-methyl/N-ethyl adjacent to an activating group) is 1. The molecule has 0 fully saturated rings. The monoisotopic (exact) mass is 224 g/mol. The molecule has 0 radical (unpaired) electrons. The van der Waals surface area contributed by atoms with Gasteiger partial charge in [0.25, 0.3) is 0 Å². The van der Waals surface area contributed by atoms with Crippen molar-refractivity contribution in [1.29, 1.82) is 0 Å². The van der Waals surface area contributed by atoms with Gasteiger partial charge in [-0.1, -0.05) is 17.7 Å². The number of hydrogen-bond acceptors (Lipinski definition) is 2. The second-order valence-corrected chi connectivity index (χ2v) is 4.62. The Kier molecular flexibility index (Phi) is 2.15. The fourth-order valence-electron chi connectivity index (χ4n) is 1.66. The molecule has 1 aromatic rings. The van der Waals surface area contributed by atoms with Gasteiger partial charge in [0, 0.05) is 7.05 Å². The minimum absolute atomic E-state index is 0.0141. The van der Waals surface area contributed by atoms with E-state index >= 15 is 0 Å². The van der Waals surface area contributed by atoms with Crippen molar-refractivity contribution in [2.75, 3.05) is 17.3 Å². The number of benzene rings is 1. The highest BCUT2D eigenvalue weighted by atomic mass is 35.5. The number of anilines is 2. The molecule has 0 bridgehead atoms. The average molecular weight is 225 g/mol. The van der Waals surface area contributed by atoms with Crippen molar-refractivity contribution in [1.82, 2.24) is 0 Å². The second-order valence-electron chi connectivity index (χ2n) is 4.21. The molecule has 2 rings (SSSR count). The molecular formula is C11H13ClN2O. The van der Waals surface area contributed by atoms with E-state index in [-0.39, 0.29) is 5.91 Å². The van der Waals surface area contributed by atoms with Gasteiger partial charge in [0.2, 0.25) is 5.91 Å². The molecule has 0 spiro atoms. The lowest BCUT2D eigenvalue weighted by atomic mass is 9.97. The molecule has 1 aromatic carbocycles. The van der Waals surface area contributed by atoms with Crippen LogP contribution in [0, 0.1) is 0 Å². The first-order valence-electron chi connectivity index (χ1n) is 4.78. The van der Waals surface area contributed by atoms with Gasteiger partial charge in [0.15, 0.2) is 0 Å². The number of carbonyl (C=O) groups is 1. The zero-order valence-electron chi connectivity index (χ0n) is 8.97. The molecule has 0 saturated heterocycles. The number of hydrogen-bond donors (Lipinski definition) is 1. The molecule has 15 heavy (non-hydrogen) atoms. The Morgan fingerprint density at radius 2 is 2.07 bits per heavy atom. The van der Waals surface area contributed by atoms with E-state index in [2.05, 4.69) is 5.32 Å². The first-order chi connectivity index (χ1) is 6.94. The first kappa shape index (κ1) is 10.3. The van der Waals surface area contributed by atoms with Gasteiger partial charge in [-0.25, -0.2) is 0 Å². The Bertz CT molecular complexity index is 429. The van der Waals surface area contributed by atoms with E-state index in [0.29, 0.717) is 5.02 Å². The van der Waals surface area contributed by atoms with Crippen molar-refractivity contribution in [2.24, 2.45) is 0 Å². The van der Waals surface area contributed by atoms with Crippen molar-refractivity contribution in [3.05, 3.63) is 23.2 Å². The van der Waals surface area contributed by atoms with Crippen LogP contribution in [-0.2, 0) is 4.79 Å². The topological polar surface area (TPSA) is 32.3 Å². The Morgan fingerprint density at radius 1 is 1.40 bits per heavy atom. The lowest BCUT2D eigenvalue weighted by Crippen LogP contribution is -2.54. The van der Waals surface area contributed by atoms with Crippen LogP contribution in [0.5, 0.6) is 0 Å². The smallest absolute Gasteiger partial charge is 0.249 e. The van der Waals surface area contributed by atoms with Gasteiger partial charge in [-0.2, -0.15) is 0 Å². The normalized spacial score (nSPS) is 18.4. The summed E-state index contributed by atoms with van der Waals surface area (Å²) in [5.74, 6) is -0.0141. The van der Waals surface area contributed by atoms with Gasteiger partial charge in [-0.3, -0.25) is 4.79 Å². The Balaban J connectivity index is 2.62. The molecule has 0 aromatic heterocycles. The van der Waals surface area contributed by atoms with E-state index in [4.69, 9.17) is 11.6 Å². The Morgan fingerprint density at radius 3 is 2.73 bits per heavy atom. The third kappa shape index (κ3) is 1.38. The minimum Gasteiger partial charge on any atom is -0.358 e. The molecule has 80 valence electrons. The van der Waals surface area contributed by atoms with Crippen LogP contribution in [0.1, 0.15) is 13.8 Å². The SMILES string of the molecule is CN1c2c(Cl)cccc2NC(=O)C1(C)C. The molecule has 1 N–H and O–H groups in total. The van der Waals surface area contributed by atoms with Crippen LogP contribution in [0.4, 0.5) is 11.4 Å². The maximum atomic E-state index is 11.8. The third-order valence-electron chi connectivity index (χ3n) is 2.96. The van der Waals surface area contributed by atoms with Crippen LogP contribution in [-0.4, -0.2) is 18.5 Å². The molecule has 1 heterocycles. The Hall–Kier alpha value is -1.22. The maximum absolute atomic E-state index is 11.8. The molecule has 1 aliphatic rings. The predicted molar refractivity (Wildman–Crippen MR) is 62.6 cm³/mol. The molecule has 1 aliphatic heterocycles. The van der Waals surface area contributed by atoms with Crippen molar-refractivity contribution in [3.63, 3.8) is 0 Å². The summed E-state index contributed by atoms with van der Waals surface area (Å²) in [4.78, 5) is 13.7. The van der Waals surface area contributed by atoms with Gasteiger partial charge in [-0.05, 0) is 26.0 Å². The van der Waals surface area contributed by atoms with Crippen molar-refractivity contribution >= 4 is 28.9 Å². The van der Waals surface area contributed by atoms with Gasteiger partial charge in [0.1, 0.15) is 5.54 Å². The minimum atomic E-state index is -0.571. The number of halogens is 1. The highest BCUT2D eigenvalue weighted by molar-refractivity contribution is 6.34. The number of amides is 1. The quantitative estimate of drug-likeness (QED) is 0.735. The third-order valence-corrected chi connectivity index (χ3v) is 3.27. The Labute approximate surface area is 94.0 Å². The van der Waals surface area contributed by atoms with E-state index < -0.39 is 5.54 Å². The fourth-order valence-corrected chi connectivity index (χ4v) is 1.97. The summed E-state index contributed by atoms with van der Waals surface area (Å²) in [5.41, 5.74) is 1.08. The summed E-state index contributed by atoms with van der Waals surface area (Å²) >= 11 is 6.12. The summed E-state index contributed by atoms with van der Waals surface area (Å²) in [6.07, 6.45) is 0. The lowest BCUT2D eigenvalue weighted by Gasteiger charge is -2.41. The van der Waals surface area contributed by atoms with E-state index in [1.165, 1.54) is 0 Å². The van der Waals surface area contributed by atoms with Crippen LogP contribution in [0.25, 0.3) is 0 Å². The van der Waals surface area contributed by atoms with Gasteiger partial charge in [-0.15, -0.1) is 0 Å². The number of fused-ring (bicyclic) bond motifs is 1. The highest BCUT2D eigenvalue weighted by Crippen LogP contribution is 2.40. The summed E-state index contributed by atoms with van der Waals surface area (Å²) in [5, 5.41) is 3.51. The summed E-state index contributed by atoms with van der Waals surface area (Å²) < 4.78 is 0. The van der Waals surface area contributed by atoms with Crippen LogP contribution < -0.4 is 10.2 Å². The number of nitrogens with zero attached hydrogens (tertiary/aromatic N) is 1. The van der Waals surface area contributed by atoms with Crippen molar-refractivity contribution in [2.45, 2.75) is 19.4 Å². The largest absolute Gasteiger partial charge is 0.358 e. The molecule has 0 saturated carbocycles. The molecule has 1 amide bonds. The summed E-state index contributed by atoms with van der Waals surface area (Å²) in [6, 6.07) is 5.50. The molecule has 4 heteroatoms. The van der Waals surface area contributed by atoms with Gasteiger partial charge < -0.3 is 10.2 Å². The lowest BCUT2D eigenvalue weighted by molar-refractivity contribution is -0.120. The maximum Gasteiger partial charge on any atom is 0.249 e. The predicted octanol–water partition coefficient (Wildman–Crippen LogP) is 2.51. The van der Waals surface area contributed by atoms with E-state index in [9.17, 15) is 4.79 Å². The standard InChI is InChI=1S/C11H13ClN2O/c1-11(2)10(15)13-8-6-4-5-7(12)9(8)14(11)3/h4-6H,1-3H3,(H,13,15). The van der Waals surface area contributed by atoms with E-state index in [0.717, 1.165) is 11.4 Å². The van der Waals surface area contributed by atoms with Gasteiger partial charge in [0.05, 0.1) is 16.4 Å². The summed E-state index contributed by atoms with van der Waals surface area (Å²) in [6.45, 7) is 3.74. The molecule has 0 unspecified atom stereocenters.